The molecule has 3 heterocycles. The van der Waals surface area contributed by atoms with Crippen molar-refractivity contribution in [1.29, 1.82) is 0 Å². The van der Waals surface area contributed by atoms with Gasteiger partial charge in [0.05, 0.1) is 6.61 Å². The van der Waals surface area contributed by atoms with Gasteiger partial charge in [0.2, 0.25) is 0 Å². The van der Waals surface area contributed by atoms with E-state index in [4.69, 9.17) is 14.2 Å². The van der Waals surface area contributed by atoms with Gasteiger partial charge in [0.1, 0.15) is 27.1 Å². The lowest BCUT2D eigenvalue weighted by Crippen LogP contribution is -2.47. The fourth-order valence-corrected chi connectivity index (χ4v) is 5.00. The summed E-state index contributed by atoms with van der Waals surface area (Å²) in [6, 6.07) is 7.99. The number of fused-ring (bicyclic) bond motifs is 4. The normalized spacial score (nSPS) is 33.7. The van der Waals surface area contributed by atoms with E-state index < -0.39 is 21.3 Å². The molecule has 0 spiro atoms. The van der Waals surface area contributed by atoms with Crippen LogP contribution >= 0.6 is 0 Å². The quantitative estimate of drug-likeness (QED) is 0.736. The van der Waals surface area contributed by atoms with Crippen LogP contribution in [0.15, 0.2) is 35.1 Å². The van der Waals surface area contributed by atoms with Crippen molar-refractivity contribution in [2.45, 2.75) is 44.1 Å². The van der Waals surface area contributed by atoms with Crippen molar-refractivity contribution < 1.29 is 18.4 Å². The van der Waals surface area contributed by atoms with E-state index in [1.54, 1.807) is 0 Å². The summed E-state index contributed by atoms with van der Waals surface area (Å²) in [5.74, 6) is 1.45. The molecule has 3 aliphatic heterocycles. The maximum absolute atomic E-state index is 12.9. The summed E-state index contributed by atoms with van der Waals surface area (Å²) < 4.78 is 30.8. The van der Waals surface area contributed by atoms with E-state index in [0.717, 1.165) is 16.2 Å². The highest BCUT2D eigenvalue weighted by Gasteiger charge is 2.57. The molecule has 5 heteroatoms. The summed E-state index contributed by atoms with van der Waals surface area (Å²) in [5.41, 5.74) is 0.652. The van der Waals surface area contributed by atoms with Crippen molar-refractivity contribution >= 4 is 10.8 Å². The molecule has 0 aliphatic carbocycles. The van der Waals surface area contributed by atoms with Gasteiger partial charge >= 0.3 is 0 Å². The summed E-state index contributed by atoms with van der Waals surface area (Å²) in [6.07, 6.45) is 0. The molecular weight excluding hydrogens is 300 g/mol. The summed E-state index contributed by atoms with van der Waals surface area (Å²) >= 11 is 0. The minimum Gasteiger partial charge on any atom is -0.493 e. The van der Waals surface area contributed by atoms with Gasteiger partial charge in [0, 0.05) is 17.4 Å². The lowest BCUT2D eigenvalue weighted by atomic mass is 9.74. The van der Waals surface area contributed by atoms with Gasteiger partial charge in [-0.05, 0) is 33.8 Å². The zero-order valence-electron chi connectivity index (χ0n) is 13.2. The van der Waals surface area contributed by atoms with Crippen molar-refractivity contribution in [3.63, 3.8) is 0 Å². The second-order valence-corrected chi connectivity index (χ2v) is 9.02. The van der Waals surface area contributed by atoms with Gasteiger partial charge in [-0.1, -0.05) is 18.2 Å². The van der Waals surface area contributed by atoms with Crippen molar-refractivity contribution in [1.82, 2.24) is 0 Å². The largest absolute Gasteiger partial charge is 0.493 e. The smallest absolute Gasteiger partial charge is 0.294 e. The number of ether oxygens (including phenoxy) is 3. The first-order valence-electron chi connectivity index (χ1n) is 7.57. The average Bonchev–Trinajstić information content (AvgIpc) is 2.67. The van der Waals surface area contributed by atoms with Gasteiger partial charge < -0.3 is 14.2 Å². The highest BCUT2D eigenvalue weighted by atomic mass is 32.2. The minimum absolute atomic E-state index is 0.0197. The van der Waals surface area contributed by atoms with E-state index in [9.17, 15) is 4.21 Å². The van der Waals surface area contributed by atoms with Crippen LogP contribution in [0.3, 0.4) is 0 Å². The number of benzene rings is 1. The molecule has 3 aliphatic rings. The first-order chi connectivity index (χ1) is 10.3. The van der Waals surface area contributed by atoms with Crippen LogP contribution in [-0.4, -0.2) is 21.3 Å². The molecule has 3 atom stereocenters. The maximum atomic E-state index is 12.9. The van der Waals surface area contributed by atoms with Crippen LogP contribution in [0.5, 0.6) is 5.75 Å². The Balaban J connectivity index is 1.92. The molecule has 0 N–H and O–H groups in total. The first kappa shape index (κ1) is 14.1. The highest BCUT2D eigenvalue weighted by molar-refractivity contribution is 7.90. The third kappa shape index (κ3) is 1.78. The summed E-state index contributed by atoms with van der Waals surface area (Å²) in [6.45, 7) is 8.34. The number of rotatable bonds is 0. The number of para-hydroxylation sites is 1. The molecule has 0 aromatic heterocycles. The molecule has 1 aromatic rings. The fourth-order valence-electron chi connectivity index (χ4n) is 3.57. The molecule has 0 amide bonds. The molecule has 1 aromatic carbocycles. The Hall–Kier alpha value is -1.49. The van der Waals surface area contributed by atoms with Crippen molar-refractivity contribution in [2.75, 3.05) is 6.61 Å². The molecule has 0 saturated heterocycles. The Morgan fingerprint density at radius 1 is 1.14 bits per heavy atom. The third-order valence-corrected chi connectivity index (χ3v) is 6.59. The Morgan fingerprint density at radius 2 is 1.86 bits per heavy atom. The monoisotopic (exact) mass is 320 g/mol. The van der Waals surface area contributed by atoms with Crippen molar-refractivity contribution in [3.05, 3.63) is 40.7 Å². The number of hydrogen-bond acceptors (Lipinski definition) is 4. The summed E-state index contributed by atoms with van der Waals surface area (Å²) in [4.78, 5) is 0.0353. The van der Waals surface area contributed by atoms with Crippen LogP contribution in [-0.2, 0) is 20.3 Å². The number of hydrogen-bond donors (Lipinski definition) is 0. The molecule has 22 heavy (non-hydrogen) atoms. The maximum Gasteiger partial charge on any atom is 0.294 e. The van der Waals surface area contributed by atoms with Gasteiger partial charge in [0.15, 0.2) is 4.93 Å². The van der Waals surface area contributed by atoms with Crippen LogP contribution in [0, 0.1) is 5.92 Å². The molecule has 0 radical (unpaired) electrons. The van der Waals surface area contributed by atoms with Gasteiger partial charge in [-0.15, -0.1) is 0 Å². The molecular formula is C17H20O4S. The topological polar surface area (TPSA) is 44.8 Å². The van der Waals surface area contributed by atoms with Crippen LogP contribution < -0.4 is 4.74 Å². The standard InChI is InChI=1S/C17H20O4S/c1-16(2)11-9-19-12-8-6-5-7-10(12)13(11)14-15(20-16)21-17(3,4)22(14)18/h5-8,11,13H,9H2,1-4H3/t11-,13+,22-/m0/s1. The zero-order chi connectivity index (χ0) is 15.7. The second-order valence-electron chi connectivity index (χ2n) is 7.06. The molecule has 0 unspecified atom stereocenters. The molecule has 4 nitrogen and oxygen atoms in total. The second kappa shape index (κ2) is 4.28. The van der Waals surface area contributed by atoms with E-state index in [1.165, 1.54) is 0 Å². The fraction of sp³-hybridized carbons (Fsp3) is 0.529. The molecule has 0 saturated carbocycles. The number of allylic oxidation sites excluding steroid dienone is 1. The van der Waals surface area contributed by atoms with E-state index in [-0.39, 0.29) is 11.8 Å². The summed E-state index contributed by atoms with van der Waals surface area (Å²) in [5, 5.41) is 0. The highest BCUT2D eigenvalue weighted by Crippen LogP contribution is 2.56. The van der Waals surface area contributed by atoms with Crippen molar-refractivity contribution in [3.8, 4) is 5.75 Å². The summed E-state index contributed by atoms with van der Waals surface area (Å²) in [7, 11) is -1.23. The predicted octanol–water partition coefficient (Wildman–Crippen LogP) is 3.27. The predicted molar refractivity (Wildman–Crippen MR) is 83.7 cm³/mol. The Labute approximate surface area is 132 Å². The average molecular weight is 320 g/mol. The molecule has 118 valence electrons. The van der Waals surface area contributed by atoms with E-state index in [2.05, 4.69) is 6.07 Å². The van der Waals surface area contributed by atoms with Gasteiger partial charge in [0.25, 0.3) is 5.95 Å². The van der Waals surface area contributed by atoms with E-state index in [1.807, 2.05) is 45.9 Å². The van der Waals surface area contributed by atoms with Gasteiger partial charge in [-0.25, -0.2) is 0 Å². The Morgan fingerprint density at radius 3 is 2.64 bits per heavy atom. The third-order valence-electron chi connectivity index (χ3n) is 4.79. The van der Waals surface area contributed by atoms with Crippen LogP contribution in [0.2, 0.25) is 0 Å². The lowest BCUT2D eigenvalue weighted by Gasteiger charge is -2.45. The minimum atomic E-state index is -1.23. The van der Waals surface area contributed by atoms with Gasteiger partial charge in [-0.3, -0.25) is 4.21 Å². The van der Waals surface area contributed by atoms with Crippen LogP contribution in [0.1, 0.15) is 39.2 Å². The Kier molecular flexibility index (Phi) is 2.75. The van der Waals surface area contributed by atoms with Gasteiger partial charge in [-0.2, -0.15) is 0 Å². The lowest BCUT2D eigenvalue weighted by molar-refractivity contribution is -0.125. The van der Waals surface area contributed by atoms with E-state index >= 15 is 0 Å². The molecule has 0 bridgehead atoms. The molecule has 4 rings (SSSR count). The zero-order valence-corrected chi connectivity index (χ0v) is 14.0. The molecule has 0 fully saturated rings. The van der Waals surface area contributed by atoms with Crippen LogP contribution in [0.4, 0.5) is 0 Å². The van der Waals surface area contributed by atoms with Crippen LogP contribution in [0.25, 0.3) is 0 Å². The SMILES string of the molecule is CC1(C)OC2=C([C@@H]3c4ccccc4OC[C@@H]31)[S@](=O)C(C)(C)O2. The Bertz CT molecular complexity index is 704. The van der Waals surface area contributed by atoms with E-state index in [0.29, 0.717) is 12.6 Å². The van der Waals surface area contributed by atoms with Crippen molar-refractivity contribution in [2.24, 2.45) is 5.92 Å². The first-order valence-corrected chi connectivity index (χ1v) is 8.72.